The molecule has 2 aromatic rings. The summed E-state index contributed by atoms with van der Waals surface area (Å²) in [4.78, 5) is 19.8. The average molecular weight is 249 g/mol. The highest BCUT2D eigenvalue weighted by atomic mass is 32.1. The van der Waals surface area contributed by atoms with Gasteiger partial charge in [0.1, 0.15) is 5.82 Å². The fourth-order valence-electron chi connectivity index (χ4n) is 1.28. The van der Waals surface area contributed by atoms with E-state index < -0.39 is 5.97 Å². The summed E-state index contributed by atoms with van der Waals surface area (Å²) >= 11 is 1.57. The summed E-state index contributed by atoms with van der Waals surface area (Å²) in [5.74, 6) is 0.468. The minimum atomic E-state index is -0.829. The monoisotopic (exact) mass is 249 g/mol. The van der Waals surface area contributed by atoms with E-state index in [1.807, 2.05) is 17.5 Å². The second-order valence-corrected chi connectivity index (χ2v) is 4.26. The van der Waals surface area contributed by atoms with Crippen molar-refractivity contribution in [3.8, 4) is 10.7 Å². The Balaban J connectivity index is 2.04. The van der Waals surface area contributed by atoms with Crippen LogP contribution in [0.3, 0.4) is 0 Å². The molecule has 0 aliphatic rings. The van der Waals surface area contributed by atoms with Crippen LogP contribution < -0.4 is 5.32 Å². The first kappa shape index (κ1) is 11.5. The molecule has 0 unspecified atom stereocenters. The van der Waals surface area contributed by atoms with Gasteiger partial charge in [0.15, 0.2) is 5.82 Å². The maximum absolute atomic E-state index is 10.4. The van der Waals surface area contributed by atoms with Crippen molar-refractivity contribution in [1.82, 2.24) is 9.97 Å². The SMILES string of the molecule is O=C(O)CCNc1ccnc(-c2cccs2)n1. The Labute approximate surface area is 102 Å². The molecule has 88 valence electrons. The van der Waals surface area contributed by atoms with Gasteiger partial charge in [-0.05, 0) is 17.5 Å². The van der Waals surface area contributed by atoms with Crippen LogP contribution in [-0.4, -0.2) is 27.6 Å². The van der Waals surface area contributed by atoms with Crippen LogP contribution >= 0.6 is 11.3 Å². The number of hydrogen-bond acceptors (Lipinski definition) is 5. The molecular formula is C11H11N3O2S. The summed E-state index contributed by atoms with van der Waals surface area (Å²) in [6.45, 7) is 0.357. The molecule has 2 rings (SSSR count). The molecule has 0 spiro atoms. The molecule has 0 aliphatic heterocycles. The van der Waals surface area contributed by atoms with Crippen molar-refractivity contribution in [2.45, 2.75) is 6.42 Å². The maximum atomic E-state index is 10.4. The van der Waals surface area contributed by atoms with Crippen LogP contribution in [0.1, 0.15) is 6.42 Å². The van der Waals surface area contributed by atoms with Gasteiger partial charge < -0.3 is 10.4 Å². The smallest absolute Gasteiger partial charge is 0.305 e. The molecule has 0 bridgehead atoms. The van der Waals surface area contributed by atoms with Crippen molar-refractivity contribution in [2.24, 2.45) is 0 Å². The first-order valence-corrected chi connectivity index (χ1v) is 5.96. The summed E-state index contributed by atoms with van der Waals surface area (Å²) < 4.78 is 0. The van der Waals surface area contributed by atoms with Gasteiger partial charge in [-0.15, -0.1) is 11.3 Å². The number of carbonyl (C=O) groups is 1. The predicted molar refractivity (Wildman–Crippen MR) is 66.1 cm³/mol. The second kappa shape index (κ2) is 5.40. The molecule has 2 N–H and O–H groups in total. The first-order valence-electron chi connectivity index (χ1n) is 5.08. The fraction of sp³-hybridized carbons (Fsp3) is 0.182. The Morgan fingerprint density at radius 2 is 2.35 bits per heavy atom. The zero-order valence-corrected chi connectivity index (χ0v) is 9.78. The van der Waals surface area contributed by atoms with Gasteiger partial charge >= 0.3 is 5.97 Å². The third kappa shape index (κ3) is 3.25. The van der Waals surface area contributed by atoms with Crippen LogP contribution in [0.25, 0.3) is 10.7 Å². The van der Waals surface area contributed by atoms with Gasteiger partial charge in [0.05, 0.1) is 11.3 Å². The quantitative estimate of drug-likeness (QED) is 0.848. The number of nitrogens with one attached hydrogen (secondary N) is 1. The molecule has 2 aromatic heterocycles. The van der Waals surface area contributed by atoms with Crippen molar-refractivity contribution >= 4 is 23.1 Å². The lowest BCUT2D eigenvalue weighted by Gasteiger charge is -2.04. The Kier molecular flexibility index (Phi) is 3.66. The van der Waals surface area contributed by atoms with E-state index in [1.54, 1.807) is 23.6 Å². The van der Waals surface area contributed by atoms with Gasteiger partial charge in [-0.3, -0.25) is 4.79 Å². The van der Waals surface area contributed by atoms with Crippen molar-refractivity contribution in [2.75, 3.05) is 11.9 Å². The standard InChI is InChI=1S/C11H11N3O2S/c15-10(16)4-6-12-9-3-5-13-11(14-9)8-2-1-7-17-8/h1-3,5,7H,4,6H2,(H,15,16)(H,12,13,14). The van der Waals surface area contributed by atoms with E-state index >= 15 is 0 Å². The minimum Gasteiger partial charge on any atom is -0.481 e. The Hall–Kier alpha value is -1.95. The molecule has 0 radical (unpaired) electrons. The number of carboxylic acid groups (broad SMARTS) is 1. The summed E-state index contributed by atoms with van der Waals surface area (Å²) in [7, 11) is 0. The topological polar surface area (TPSA) is 75.1 Å². The van der Waals surface area contributed by atoms with Crippen LogP contribution in [0.15, 0.2) is 29.8 Å². The Bertz CT molecular complexity index is 499. The van der Waals surface area contributed by atoms with E-state index in [0.29, 0.717) is 18.2 Å². The second-order valence-electron chi connectivity index (χ2n) is 3.31. The van der Waals surface area contributed by atoms with E-state index in [0.717, 1.165) is 4.88 Å². The van der Waals surface area contributed by atoms with Crippen molar-refractivity contribution in [1.29, 1.82) is 0 Å². The molecule has 0 amide bonds. The van der Waals surface area contributed by atoms with E-state index in [2.05, 4.69) is 15.3 Å². The molecule has 0 saturated heterocycles. The molecular weight excluding hydrogens is 238 g/mol. The van der Waals surface area contributed by atoms with Crippen LogP contribution in [0.5, 0.6) is 0 Å². The van der Waals surface area contributed by atoms with Crippen molar-refractivity contribution < 1.29 is 9.90 Å². The third-order valence-electron chi connectivity index (χ3n) is 2.04. The highest BCUT2D eigenvalue weighted by molar-refractivity contribution is 7.13. The van der Waals surface area contributed by atoms with Crippen molar-refractivity contribution in [3.63, 3.8) is 0 Å². The maximum Gasteiger partial charge on any atom is 0.305 e. The molecule has 0 aromatic carbocycles. The van der Waals surface area contributed by atoms with Gasteiger partial charge in [-0.2, -0.15) is 0 Å². The largest absolute Gasteiger partial charge is 0.481 e. The number of anilines is 1. The van der Waals surface area contributed by atoms with Crippen LogP contribution in [-0.2, 0) is 4.79 Å². The van der Waals surface area contributed by atoms with Crippen LogP contribution in [0.4, 0.5) is 5.82 Å². The van der Waals surface area contributed by atoms with E-state index in [9.17, 15) is 4.79 Å². The van der Waals surface area contributed by atoms with Crippen LogP contribution in [0.2, 0.25) is 0 Å². The first-order chi connectivity index (χ1) is 8.25. The number of aliphatic carboxylic acids is 1. The van der Waals surface area contributed by atoms with Gasteiger partial charge in [0.25, 0.3) is 0 Å². The number of carboxylic acids is 1. The summed E-state index contributed by atoms with van der Waals surface area (Å²) in [5, 5.41) is 13.4. The molecule has 0 aliphatic carbocycles. The highest BCUT2D eigenvalue weighted by Gasteiger charge is 2.03. The molecule has 0 fully saturated rings. The molecule has 6 heteroatoms. The molecule has 2 heterocycles. The average Bonchev–Trinajstić information content (AvgIpc) is 2.82. The van der Waals surface area contributed by atoms with Gasteiger partial charge in [-0.1, -0.05) is 6.07 Å². The van der Waals surface area contributed by atoms with E-state index in [4.69, 9.17) is 5.11 Å². The normalized spacial score (nSPS) is 10.1. The zero-order chi connectivity index (χ0) is 12.1. The molecule has 0 saturated carbocycles. The summed E-state index contributed by atoms with van der Waals surface area (Å²) in [5.41, 5.74) is 0. The zero-order valence-electron chi connectivity index (χ0n) is 8.96. The van der Waals surface area contributed by atoms with Crippen LogP contribution in [0, 0.1) is 0 Å². The number of rotatable bonds is 5. The van der Waals surface area contributed by atoms with Gasteiger partial charge in [0.2, 0.25) is 0 Å². The number of nitrogens with zero attached hydrogens (tertiary/aromatic N) is 2. The summed E-state index contributed by atoms with van der Waals surface area (Å²) in [6.07, 6.45) is 1.73. The number of hydrogen-bond donors (Lipinski definition) is 2. The predicted octanol–water partition coefficient (Wildman–Crippen LogP) is 2.09. The van der Waals surface area contributed by atoms with Gasteiger partial charge in [0, 0.05) is 12.7 Å². The van der Waals surface area contributed by atoms with Crippen molar-refractivity contribution in [3.05, 3.63) is 29.8 Å². The summed E-state index contributed by atoms with van der Waals surface area (Å²) in [6, 6.07) is 5.61. The highest BCUT2D eigenvalue weighted by Crippen LogP contribution is 2.21. The minimum absolute atomic E-state index is 0.0678. The lowest BCUT2D eigenvalue weighted by atomic mass is 10.4. The van der Waals surface area contributed by atoms with E-state index in [1.165, 1.54) is 0 Å². The molecule has 17 heavy (non-hydrogen) atoms. The Morgan fingerprint density at radius 3 is 3.06 bits per heavy atom. The lowest BCUT2D eigenvalue weighted by Crippen LogP contribution is -2.08. The molecule has 5 nitrogen and oxygen atoms in total. The fourth-order valence-corrected chi connectivity index (χ4v) is 1.94. The molecule has 0 atom stereocenters. The van der Waals surface area contributed by atoms with E-state index in [-0.39, 0.29) is 6.42 Å². The number of aromatic nitrogens is 2. The third-order valence-corrected chi connectivity index (χ3v) is 2.91. The Morgan fingerprint density at radius 1 is 1.47 bits per heavy atom. The van der Waals surface area contributed by atoms with Gasteiger partial charge in [-0.25, -0.2) is 9.97 Å². The number of thiophene rings is 1. The lowest BCUT2D eigenvalue weighted by molar-refractivity contribution is -0.136.